The second kappa shape index (κ2) is 8.06. The Hall–Kier alpha value is -4.06. The number of benzene rings is 2. The van der Waals surface area contributed by atoms with Gasteiger partial charge < -0.3 is 13.9 Å². The lowest BCUT2D eigenvalue weighted by Crippen LogP contribution is -2.47. The summed E-state index contributed by atoms with van der Waals surface area (Å²) in [6.45, 7) is 1.95. The van der Waals surface area contributed by atoms with Crippen molar-refractivity contribution in [3.05, 3.63) is 108 Å². The molecule has 0 N–H and O–H groups in total. The number of anilines is 1. The van der Waals surface area contributed by atoms with Gasteiger partial charge in [-0.1, -0.05) is 30.3 Å². The summed E-state index contributed by atoms with van der Waals surface area (Å²) >= 11 is 0. The van der Waals surface area contributed by atoms with Gasteiger partial charge in [0.1, 0.15) is 18.3 Å². The number of fused-ring (bicyclic) bond motifs is 3. The molecule has 1 unspecified atom stereocenters. The van der Waals surface area contributed by atoms with Gasteiger partial charge in [-0.15, -0.1) is 0 Å². The smallest absolute Gasteiger partial charge is 0.254 e. The van der Waals surface area contributed by atoms with Crippen LogP contribution >= 0.6 is 0 Å². The summed E-state index contributed by atoms with van der Waals surface area (Å²) in [7, 11) is 0. The molecule has 170 valence electrons. The van der Waals surface area contributed by atoms with Gasteiger partial charge in [0, 0.05) is 17.8 Å². The third kappa shape index (κ3) is 3.34. The number of carbonyl (C=O) groups excluding carboxylic acids is 2. The van der Waals surface area contributed by atoms with Crippen molar-refractivity contribution in [2.45, 2.75) is 31.8 Å². The van der Waals surface area contributed by atoms with Crippen molar-refractivity contribution in [3.63, 3.8) is 0 Å². The van der Waals surface area contributed by atoms with Crippen LogP contribution in [0, 0.1) is 6.92 Å². The SMILES string of the molecule is Cc1ccccc1C(=O)N(CC(=O)N1c2ccccc2-n2cccc2C1c1ccco1)C1CC1. The van der Waals surface area contributed by atoms with Gasteiger partial charge in [-0.05, 0) is 67.8 Å². The maximum absolute atomic E-state index is 14.0. The molecule has 2 aliphatic rings. The number of furan rings is 1. The van der Waals surface area contributed by atoms with Crippen molar-refractivity contribution in [1.29, 1.82) is 0 Å². The van der Waals surface area contributed by atoms with Gasteiger partial charge >= 0.3 is 0 Å². The van der Waals surface area contributed by atoms with E-state index in [9.17, 15) is 9.59 Å². The fourth-order valence-electron chi connectivity index (χ4n) is 4.92. The van der Waals surface area contributed by atoms with Crippen molar-refractivity contribution in [2.75, 3.05) is 11.4 Å². The van der Waals surface area contributed by atoms with Gasteiger partial charge in [0.15, 0.2) is 0 Å². The number of aromatic nitrogens is 1. The Morgan fingerprint density at radius 1 is 0.941 bits per heavy atom. The highest BCUT2D eigenvalue weighted by Crippen LogP contribution is 2.42. The molecule has 0 radical (unpaired) electrons. The van der Waals surface area contributed by atoms with E-state index in [1.54, 1.807) is 16.1 Å². The van der Waals surface area contributed by atoms with E-state index in [0.717, 1.165) is 35.5 Å². The van der Waals surface area contributed by atoms with Crippen molar-refractivity contribution in [2.24, 2.45) is 0 Å². The van der Waals surface area contributed by atoms with E-state index in [0.29, 0.717) is 11.3 Å². The van der Waals surface area contributed by atoms with Crippen molar-refractivity contribution >= 4 is 17.5 Å². The van der Waals surface area contributed by atoms with Gasteiger partial charge in [-0.2, -0.15) is 0 Å². The van der Waals surface area contributed by atoms with Crippen LogP contribution in [0.25, 0.3) is 5.69 Å². The van der Waals surface area contributed by atoms with Gasteiger partial charge in [-0.25, -0.2) is 0 Å². The topological polar surface area (TPSA) is 58.7 Å². The molecule has 2 amide bonds. The molecule has 6 heteroatoms. The van der Waals surface area contributed by atoms with Gasteiger partial charge in [0.25, 0.3) is 5.91 Å². The number of rotatable bonds is 5. The molecular formula is C28H25N3O3. The number of carbonyl (C=O) groups is 2. The molecule has 1 atom stereocenters. The molecule has 1 aliphatic heterocycles. The summed E-state index contributed by atoms with van der Waals surface area (Å²) in [5.74, 6) is 0.471. The molecule has 1 saturated carbocycles. The molecule has 34 heavy (non-hydrogen) atoms. The number of para-hydroxylation sites is 2. The molecule has 2 aromatic heterocycles. The zero-order valence-corrected chi connectivity index (χ0v) is 18.9. The van der Waals surface area contributed by atoms with Gasteiger partial charge in [-0.3, -0.25) is 14.5 Å². The Morgan fingerprint density at radius 3 is 2.44 bits per heavy atom. The first-order valence-corrected chi connectivity index (χ1v) is 11.6. The van der Waals surface area contributed by atoms with E-state index in [4.69, 9.17) is 4.42 Å². The van der Waals surface area contributed by atoms with E-state index in [-0.39, 0.29) is 24.4 Å². The second-order valence-corrected chi connectivity index (χ2v) is 8.95. The van der Waals surface area contributed by atoms with Crippen LogP contribution < -0.4 is 4.90 Å². The Kier molecular flexibility index (Phi) is 4.87. The van der Waals surface area contributed by atoms with E-state index in [1.807, 2.05) is 85.9 Å². The number of amides is 2. The fourth-order valence-corrected chi connectivity index (χ4v) is 4.92. The predicted octanol–water partition coefficient (Wildman–Crippen LogP) is 5.12. The Balaban J connectivity index is 1.40. The Labute approximate surface area is 198 Å². The maximum Gasteiger partial charge on any atom is 0.254 e. The predicted molar refractivity (Wildman–Crippen MR) is 129 cm³/mol. The van der Waals surface area contributed by atoms with Crippen LogP contribution in [0.2, 0.25) is 0 Å². The third-order valence-electron chi connectivity index (χ3n) is 6.73. The summed E-state index contributed by atoms with van der Waals surface area (Å²) in [5.41, 5.74) is 4.25. The van der Waals surface area contributed by atoms with Crippen LogP contribution in [-0.4, -0.2) is 33.9 Å². The zero-order chi connectivity index (χ0) is 23.2. The first kappa shape index (κ1) is 20.5. The average molecular weight is 452 g/mol. The van der Waals surface area contributed by atoms with Gasteiger partial charge in [0.2, 0.25) is 5.91 Å². The van der Waals surface area contributed by atoms with Crippen LogP contribution in [-0.2, 0) is 4.79 Å². The van der Waals surface area contributed by atoms with Crippen LogP contribution in [0.15, 0.2) is 89.7 Å². The highest BCUT2D eigenvalue weighted by molar-refractivity contribution is 6.03. The van der Waals surface area contributed by atoms with Crippen molar-refractivity contribution < 1.29 is 14.0 Å². The maximum atomic E-state index is 14.0. The molecule has 1 fully saturated rings. The van der Waals surface area contributed by atoms with E-state index < -0.39 is 6.04 Å². The lowest BCUT2D eigenvalue weighted by atomic mass is 10.0. The quantitative estimate of drug-likeness (QED) is 0.423. The normalized spacial score (nSPS) is 16.6. The van der Waals surface area contributed by atoms with Crippen molar-refractivity contribution in [3.8, 4) is 5.69 Å². The average Bonchev–Trinajstić information content (AvgIpc) is 3.32. The molecule has 2 aromatic carbocycles. The molecule has 1 aliphatic carbocycles. The third-order valence-corrected chi connectivity index (χ3v) is 6.73. The minimum atomic E-state index is -0.415. The molecule has 3 heterocycles. The second-order valence-electron chi connectivity index (χ2n) is 8.95. The summed E-state index contributed by atoms with van der Waals surface area (Å²) in [6.07, 6.45) is 5.48. The van der Waals surface area contributed by atoms with Crippen LogP contribution in [0.1, 0.15) is 46.3 Å². The first-order chi connectivity index (χ1) is 16.6. The lowest BCUT2D eigenvalue weighted by molar-refractivity contribution is -0.120. The summed E-state index contributed by atoms with van der Waals surface area (Å²) in [5, 5.41) is 0. The number of hydrogen-bond donors (Lipinski definition) is 0. The first-order valence-electron chi connectivity index (χ1n) is 11.6. The Morgan fingerprint density at radius 2 is 1.71 bits per heavy atom. The van der Waals surface area contributed by atoms with E-state index in [2.05, 4.69) is 4.57 Å². The highest BCUT2D eigenvalue weighted by Gasteiger charge is 2.41. The molecule has 6 nitrogen and oxygen atoms in total. The summed E-state index contributed by atoms with van der Waals surface area (Å²) < 4.78 is 7.90. The molecule has 4 aromatic rings. The lowest BCUT2D eigenvalue weighted by Gasteiger charge is -2.38. The minimum absolute atomic E-state index is 0.0179. The van der Waals surface area contributed by atoms with Gasteiger partial charge in [0.05, 0.1) is 23.3 Å². The summed E-state index contributed by atoms with van der Waals surface area (Å²) in [6, 6.07) is 22.8. The van der Waals surface area contributed by atoms with E-state index >= 15 is 0 Å². The molecule has 0 saturated heterocycles. The van der Waals surface area contributed by atoms with E-state index in [1.165, 1.54) is 0 Å². The number of nitrogens with zero attached hydrogens (tertiary/aromatic N) is 3. The molecule has 0 bridgehead atoms. The van der Waals surface area contributed by atoms with Crippen LogP contribution in [0.5, 0.6) is 0 Å². The largest absolute Gasteiger partial charge is 0.467 e. The van der Waals surface area contributed by atoms with Crippen molar-refractivity contribution in [1.82, 2.24) is 9.47 Å². The molecule has 6 rings (SSSR count). The minimum Gasteiger partial charge on any atom is -0.467 e. The number of aryl methyl sites for hydroxylation is 1. The number of hydrogen-bond acceptors (Lipinski definition) is 3. The monoisotopic (exact) mass is 451 g/mol. The van der Waals surface area contributed by atoms with Crippen LogP contribution in [0.4, 0.5) is 5.69 Å². The standard InChI is InChI=1S/C28H25N3O3/c1-19-8-2-3-9-21(19)28(33)30(20-14-15-20)18-26(32)31-23-11-5-4-10-22(23)29-16-6-12-24(29)27(31)25-13-7-17-34-25/h2-13,16-17,20,27H,14-15,18H2,1H3. The molecular weight excluding hydrogens is 426 g/mol. The highest BCUT2D eigenvalue weighted by atomic mass is 16.3. The Bertz CT molecular complexity index is 1370. The van der Waals surface area contributed by atoms with Crippen LogP contribution in [0.3, 0.4) is 0 Å². The zero-order valence-electron chi connectivity index (χ0n) is 18.9. The summed E-state index contributed by atoms with van der Waals surface area (Å²) in [4.78, 5) is 31.1. The molecule has 0 spiro atoms. The fraction of sp³-hybridized carbons (Fsp3) is 0.214.